The molecule has 0 radical (unpaired) electrons. The van der Waals surface area contributed by atoms with Crippen molar-refractivity contribution >= 4 is 0 Å². The minimum atomic E-state index is -0.139. The van der Waals surface area contributed by atoms with Crippen molar-refractivity contribution in [2.45, 2.75) is 19.9 Å². The second-order valence-corrected chi connectivity index (χ2v) is 5.83. The maximum absolute atomic E-state index is 9.40. The maximum atomic E-state index is 9.40. The molecule has 0 aliphatic rings. The van der Waals surface area contributed by atoms with E-state index in [1.54, 1.807) is 0 Å². The van der Waals surface area contributed by atoms with E-state index in [0.29, 0.717) is 0 Å². The molecular formula is C17H22N2O. The van der Waals surface area contributed by atoms with Crippen LogP contribution in [0.15, 0.2) is 54.9 Å². The third-order valence-corrected chi connectivity index (χ3v) is 3.39. The molecule has 1 aromatic carbocycles. The monoisotopic (exact) mass is 270 g/mol. The number of benzene rings is 1. The van der Waals surface area contributed by atoms with Gasteiger partial charge in [-0.1, -0.05) is 44.2 Å². The molecule has 3 nitrogen and oxygen atoms in total. The van der Waals surface area contributed by atoms with Gasteiger partial charge in [0, 0.05) is 31.0 Å². The van der Waals surface area contributed by atoms with Crippen molar-refractivity contribution in [3.8, 4) is 0 Å². The van der Waals surface area contributed by atoms with Gasteiger partial charge >= 0.3 is 0 Å². The molecule has 3 heteroatoms. The van der Waals surface area contributed by atoms with Crippen LogP contribution in [0, 0.1) is 5.41 Å². The molecule has 0 amide bonds. The van der Waals surface area contributed by atoms with Crippen LogP contribution in [0.3, 0.4) is 0 Å². The highest BCUT2D eigenvalue weighted by molar-refractivity contribution is 5.30. The van der Waals surface area contributed by atoms with Crippen LogP contribution in [0.4, 0.5) is 0 Å². The topological polar surface area (TPSA) is 45.1 Å². The van der Waals surface area contributed by atoms with Crippen molar-refractivity contribution in [1.29, 1.82) is 0 Å². The Hall–Kier alpha value is -1.71. The first kappa shape index (κ1) is 14.7. The molecular weight excluding hydrogens is 248 g/mol. The summed E-state index contributed by atoms with van der Waals surface area (Å²) in [5.74, 6) is 0. The molecule has 106 valence electrons. The van der Waals surface area contributed by atoms with E-state index in [4.69, 9.17) is 0 Å². The van der Waals surface area contributed by atoms with E-state index < -0.39 is 0 Å². The van der Waals surface area contributed by atoms with Gasteiger partial charge in [0.2, 0.25) is 0 Å². The summed E-state index contributed by atoms with van der Waals surface area (Å²) in [6.07, 6.45) is 3.62. The lowest BCUT2D eigenvalue weighted by Gasteiger charge is -2.27. The van der Waals surface area contributed by atoms with Crippen molar-refractivity contribution in [3.63, 3.8) is 0 Å². The van der Waals surface area contributed by atoms with Crippen molar-refractivity contribution in [2.75, 3.05) is 13.2 Å². The van der Waals surface area contributed by atoms with Gasteiger partial charge in [0.15, 0.2) is 0 Å². The molecule has 1 unspecified atom stereocenters. The zero-order chi connectivity index (χ0) is 14.4. The lowest BCUT2D eigenvalue weighted by atomic mass is 9.92. The van der Waals surface area contributed by atoms with Gasteiger partial charge in [-0.2, -0.15) is 0 Å². The summed E-state index contributed by atoms with van der Waals surface area (Å²) >= 11 is 0. The molecule has 0 fully saturated rings. The van der Waals surface area contributed by atoms with E-state index in [1.165, 1.54) is 11.1 Å². The van der Waals surface area contributed by atoms with Gasteiger partial charge < -0.3 is 10.4 Å². The van der Waals surface area contributed by atoms with Crippen LogP contribution in [0.2, 0.25) is 0 Å². The van der Waals surface area contributed by atoms with Gasteiger partial charge in [-0.05, 0) is 23.3 Å². The van der Waals surface area contributed by atoms with Crippen molar-refractivity contribution in [1.82, 2.24) is 10.3 Å². The average molecular weight is 270 g/mol. The van der Waals surface area contributed by atoms with Crippen LogP contribution in [0.1, 0.15) is 31.0 Å². The van der Waals surface area contributed by atoms with Gasteiger partial charge in [-0.15, -0.1) is 0 Å². The highest BCUT2D eigenvalue weighted by atomic mass is 16.3. The summed E-state index contributed by atoms with van der Waals surface area (Å²) in [4.78, 5) is 4.08. The third kappa shape index (κ3) is 3.89. The number of nitrogens with one attached hydrogen (secondary N) is 1. The Morgan fingerprint density at radius 2 is 1.65 bits per heavy atom. The lowest BCUT2D eigenvalue weighted by Crippen LogP contribution is -2.35. The summed E-state index contributed by atoms with van der Waals surface area (Å²) in [5, 5.41) is 13.0. The van der Waals surface area contributed by atoms with Crippen LogP contribution in [-0.4, -0.2) is 23.2 Å². The number of nitrogens with zero attached hydrogens (tertiary/aromatic N) is 1. The van der Waals surface area contributed by atoms with Crippen LogP contribution >= 0.6 is 0 Å². The Bertz CT molecular complexity index is 472. The molecule has 0 saturated carbocycles. The zero-order valence-electron chi connectivity index (χ0n) is 12.1. The summed E-state index contributed by atoms with van der Waals surface area (Å²) in [6, 6.07) is 14.5. The molecule has 1 aromatic heterocycles. The van der Waals surface area contributed by atoms with Gasteiger partial charge in [-0.3, -0.25) is 4.98 Å². The zero-order valence-corrected chi connectivity index (χ0v) is 12.1. The van der Waals surface area contributed by atoms with Crippen molar-refractivity contribution < 1.29 is 5.11 Å². The Labute approximate surface area is 120 Å². The molecule has 0 saturated heterocycles. The van der Waals surface area contributed by atoms with Crippen LogP contribution in [-0.2, 0) is 0 Å². The summed E-state index contributed by atoms with van der Waals surface area (Å²) in [7, 11) is 0. The first-order valence-electron chi connectivity index (χ1n) is 6.91. The second-order valence-electron chi connectivity index (χ2n) is 5.83. The van der Waals surface area contributed by atoms with Crippen molar-refractivity contribution in [3.05, 3.63) is 66.0 Å². The highest BCUT2D eigenvalue weighted by Crippen LogP contribution is 2.23. The van der Waals surface area contributed by atoms with E-state index >= 15 is 0 Å². The van der Waals surface area contributed by atoms with Crippen LogP contribution in [0.5, 0.6) is 0 Å². The number of hydrogen-bond donors (Lipinski definition) is 2. The first-order chi connectivity index (χ1) is 9.62. The minimum absolute atomic E-state index is 0.116. The van der Waals surface area contributed by atoms with Gasteiger partial charge in [0.25, 0.3) is 0 Å². The van der Waals surface area contributed by atoms with Gasteiger partial charge in [0.05, 0.1) is 6.04 Å². The number of hydrogen-bond acceptors (Lipinski definition) is 3. The summed E-state index contributed by atoms with van der Waals surface area (Å²) in [5.41, 5.74) is 2.26. The number of aliphatic hydroxyl groups is 1. The Morgan fingerprint density at radius 1 is 1.05 bits per heavy atom. The largest absolute Gasteiger partial charge is 0.396 e. The Morgan fingerprint density at radius 3 is 2.25 bits per heavy atom. The molecule has 1 heterocycles. The highest BCUT2D eigenvalue weighted by Gasteiger charge is 2.20. The van der Waals surface area contributed by atoms with E-state index in [0.717, 1.165) is 6.54 Å². The quantitative estimate of drug-likeness (QED) is 0.848. The number of pyridine rings is 1. The first-order valence-corrected chi connectivity index (χ1v) is 6.91. The molecule has 2 N–H and O–H groups in total. The predicted octanol–water partition coefficient (Wildman–Crippen LogP) is 2.78. The smallest absolute Gasteiger partial charge is 0.0578 e. The summed E-state index contributed by atoms with van der Waals surface area (Å²) < 4.78 is 0. The van der Waals surface area contributed by atoms with Crippen LogP contribution < -0.4 is 5.32 Å². The van der Waals surface area contributed by atoms with E-state index in [-0.39, 0.29) is 18.1 Å². The number of aliphatic hydroxyl groups excluding tert-OH is 1. The fraction of sp³-hybridized carbons (Fsp3) is 0.353. The predicted molar refractivity (Wildman–Crippen MR) is 81.4 cm³/mol. The fourth-order valence-electron chi connectivity index (χ4n) is 2.06. The summed E-state index contributed by atoms with van der Waals surface area (Å²) in [6.45, 7) is 5.01. The molecule has 20 heavy (non-hydrogen) atoms. The molecule has 2 rings (SSSR count). The van der Waals surface area contributed by atoms with Gasteiger partial charge in [-0.25, -0.2) is 0 Å². The van der Waals surface area contributed by atoms with Gasteiger partial charge in [0.1, 0.15) is 0 Å². The Kier molecular flexibility index (Phi) is 4.88. The van der Waals surface area contributed by atoms with E-state index in [1.807, 2.05) is 42.7 Å². The van der Waals surface area contributed by atoms with E-state index in [9.17, 15) is 5.11 Å². The molecule has 0 aliphatic heterocycles. The third-order valence-electron chi connectivity index (χ3n) is 3.39. The number of aromatic nitrogens is 1. The minimum Gasteiger partial charge on any atom is -0.396 e. The molecule has 0 spiro atoms. The average Bonchev–Trinajstić information content (AvgIpc) is 2.49. The molecule has 0 aliphatic carbocycles. The van der Waals surface area contributed by atoms with E-state index in [2.05, 4.69) is 36.3 Å². The molecule has 0 bridgehead atoms. The molecule has 1 atom stereocenters. The lowest BCUT2D eigenvalue weighted by molar-refractivity contribution is 0.154. The number of rotatable bonds is 6. The normalized spacial score (nSPS) is 13.2. The Balaban J connectivity index is 2.22. The molecule has 2 aromatic rings. The fourth-order valence-corrected chi connectivity index (χ4v) is 2.06. The maximum Gasteiger partial charge on any atom is 0.0578 e. The van der Waals surface area contributed by atoms with Crippen LogP contribution in [0.25, 0.3) is 0 Å². The van der Waals surface area contributed by atoms with Crippen molar-refractivity contribution in [2.24, 2.45) is 5.41 Å². The SMILES string of the molecule is CC(C)(CO)CNC(c1ccccc1)c1ccncc1. The second kappa shape index (κ2) is 6.64. The standard InChI is InChI=1S/C17H22N2O/c1-17(2,13-20)12-19-16(14-6-4-3-5-7-14)15-8-10-18-11-9-15/h3-11,16,19-20H,12-13H2,1-2H3.